The first-order valence-electron chi connectivity index (χ1n) is 8.89. The van der Waals surface area contributed by atoms with E-state index in [1.807, 2.05) is 31.5 Å². The number of hydrogen-bond acceptors (Lipinski definition) is 2. The van der Waals surface area contributed by atoms with Gasteiger partial charge in [0.25, 0.3) is 0 Å². The van der Waals surface area contributed by atoms with Crippen LogP contribution in [0.3, 0.4) is 0 Å². The number of aliphatic imine (C=N–C) groups is 1. The summed E-state index contributed by atoms with van der Waals surface area (Å²) in [7, 11) is 1.70. The number of guanidine groups is 1. The highest BCUT2D eigenvalue weighted by Crippen LogP contribution is 2.09. The van der Waals surface area contributed by atoms with E-state index in [0.717, 1.165) is 17.9 Å². The molecule has 2 aromatic carbocycles. The molecule has 0 aliphatic rings. The zero-order valence-electron chi connectivity index (χ0n) is 15.6. The van der Waals surface area contributed by atoms with Gasteiger partial charge in [-0.2, -0.15) is 0 Å². The minimum Gasteiger partial charge on any atom is -0.352 e. The fourth-order valence-electron chi connectivity index (χ4n) is 2.83. The zero-order chi connectivity index (χ0) is 19.1. The molecule has 0 aliphatic heterocycles. The quantitative estimate of drug-likeness (QED) is 0.521. The molecule has 0 bridgehead atoms. The number of aryl methyl sites for hydroxylation is 1. The van der Waals surface area contributed by atoms with Crippen molar-refractivity contribution in [1.82, 2.24) is 20.2 Å². The zero-order valence-corrected chi connectivity index (χ0v) is 15.6. The van der Waals surface area contributed by atoms with Crippen molar-refractivity contribution in [3.05, 3.63) is 89.3 Å². The SMILES string of the molecule is CN=C(NCc1cccc(Cn2ccnc2C)c1)NCc1ccccc1F. The summed E-state index contributed by atoms with van der Waals surface area (Å²) in [6, 6.07) is 15.1. The van der Waals surface area contributed by atoms with E-state index in [4.69, 9.17) is 0 Å². The number of halogens is 1. The maximum absolute atomic E-state index is 13.7. The molecule has 3 rings (SSSR count). The highest BCUT2D eigenvalue weighted by Gasteiger charge is 2.04. The van der Waals surface area contributed by atoms with Crippen LogP contribution in [0.15, 0.2) is 65.9 Å². The van der Waals surface area contributed by atoms with Crippen LogP contribution in [-0.4, -0.2) is 22.6 Å². The topological polar surface area (TPSA) is 54.2 Å². The van der Waals surface area contributed by atoms with Gasteiger partial charge in [0.05, 0.1) is 0 Å². The molecular formula is C21H24FN5. The van der Waals surface area contributed by atoms with E-state index >= 15 is 0 Å². The summed E-state index contributed by atoms with van der Waals surface area (Å²) in [5.41, 5.74) is 2.97. The van der Waals surface area contributed by atoms with Crippen LogP contribution >= 0.6 is 0 Å². The smallest absolute Gasteiger partial charge is 0.191 e. The Morgan fingerprint density at radius 3 is 2.59 bits per heavy atom. The van der Waals surface area contributed by atoms with Crippen molar-refractivity contribution in [3.8, 4) is 0 Å². The van der Waals surface area contributed by atoms with Crippen molar-refractivity contribution in [1.29, 1.82) is 0 Å². The molecular weight excluding hydrogens is 341 g/mol. The van der Waals surface area contributed by atoms with Gasteiger partial charge in [0, 0.05) is 44.6 Å². The van der Waals surface area contributed by atoms with Crippen molar-refractivity contribution in [2.24, 2.45) is 4.99 Å². The fourth-order valence-corrected chi connectivity index (χ4v) is 2.83. The van der Waals surface area contributed by atoms with Crippen LogP contribution in [0.1, 0.15) is 22.5 Å². The molecule has 3 aromatic rings. The number of nitrogens with one attached hydrogen (secondary N) is 2. The van der Waals surface area contributed by atoms with Gasteiger partial charge in [0.15, 0.2) is 5.96 Å². The molecule has 0 saturated heterocycles. The van der Waals surface area contributed by atoms with Crippen LogP contribution in [0.4, 0.5) is 4.39 Å². The van der Waals surface area contributed by atoms with Gasteiger partial charge >= 0.3 is 0 Å². The molecule has 1 heterocycles. The number of benzene rings is 2. The third-order valence-electron chi connectivity index (χ3n) is 4.36. The summed E-state index contributed by atoms with van der Waals surface area (Å²) in [5.74, 6) is 1.41. The van der Waals surface area contributed by atoms with Crippen molar-refractivity contribution < 1.29 is 4.39 Å². The largest absolute Gasteiger partial charge is 0.352 e. The van der Waals surface area contributed by atoms with Gasteiger partial charge in [-0.1, -0.05) is 42.5 Å². The van der Waals surface area contributed by atoms with E-state index in [-0.39, 0.29) is 5.82 Å². The maximum Gasteiger partial charge on any atom is 0.191 e. The van der Waals surface area contributed by atoms with Gasteiger partial charge in [0.2, 0.25) is 0 Å². The Labute approximate surface area is 159 Å². The maximum atomic E-state index is 13.7. The summed E-state index contributed by atoms with van der Waals surface area (Å²) < 4.78 is 15.8. The Morgan fingerprint density at radius 1 is 1.07 bits per heavy atom. The molecule has 0 radical (unpaired) electrons. The monoisotopic (exact) mass is 365 g/mol. The van der Waals surface area contributed by atoms with Gasteiger partial charge in [-0.3, -0.25) is 4.99 Å². The van der Waals surface area contributed by atoms with Crippen molar-refractivity contribution in [2.75, 3.05) is 7.05 Å². The lowest BCUT2D eigenvalue weighted by Crippen LogP contribution is -2.36. The van der Waals surface area contributed by atoms with Crippen molar-refractivity contribution >= 4 is 5.96 Å². The second-order valence-corrected chi connectivity index (χ2v) is 6.29. The molecule has 2 N–H and O–H groups in total. The van der Waals surface area contributed by atoms with Gasteiger partial charge in [-0.15, -0.1) is 0 Å². The summed E-state index contributed by atoms with van der Waals surface area (Å²) in [4.78, 5) is 8.46. The second-order valence-electron chi connectivity index (χ2n) is 6.29. The number of imidazole rings is 1. The minimum atomic E-state index is -0.219. The summed E-state index contributed by atoms with van der Waals surface area (Å²) in [6.45, 7) is 3.80. The van der Waals surface area contributed by atoms with Crippen LogP contribution < -0.4 is 10.6 Å². The molecule has 0 spiro atoms. The van der Waals surface area contributed by atoms with Crippen LogP contribution in [0, 0.1) is 12.7 Å². The normalized spacial score (nSPS) is 11.4. The Bertz CT molecular complexity index is 916. The van der Waals surface area contributed by atoms with Crippen molar-refractivity contribution in [2.45, 2.75) is 26.6 Å². The fraction of sp³-hybridized carbons (Fsp3) is 0.238. The lowest BCUT2D eigenvalue weighted by molar-refractivity contribution is 0.604. The van der Waals surface area contributed by atoms with Gasteiger partial charge in [0.1, 0.15) is 11.6 Å². The molecule has 0 atom stereocenters. The molecule has 0 amide bonds. The van der Waals surface area contributed by atoms with Crippen LogP contribution in [0.25, 0.3) is 0 Å². The molecule has 27 heavy (non-hydrogen) atoms. The minimum absolute atomic E-state index is 0.219. The standard InChI is InChI=1S/C21H24FN5/c1-16-24-10-11-27(16)15-18-7-5-6-17(12-18)13-25-21(23-2)26-14-19-8-3-4-9-20(19)22/h3-12H,13-15H2,1-2H3,(H2,23,25,26). The van der Waals surface area contributed by atoms with Gasteiger partial charge in [-0.25, -0.2) is 9.37 Å². The first-order chi connectivity index (χ1) is 13.2. The highest BCUT2D eigenvalue weighted by molar-refractivity contribution is 5.79. The van der Waals surface area contributed by atoms with E-state index in [0.29, 0.717) is 24.6 Å². The predicted octanol–water partition coefficient (Wildman–Crippen LogP) is 3.24. The Morgan fingerprint density at radius 2 is 1.85 bits per heavy atom. The molecule has 0 aliphatic carbocycles. The van der Waals surface area contributed by atoms with Crippen LogP contribution in [-0.2, 0) is 19.6 Å². The van der Waals surface area contributed by atoms with Gasteiger partial charge < -0.3 is 15.2 Å². The molecule has 0 saturated carbocycles. The molecule has 5 nitrogen and oxygen atoms in total. The van der Waals surface area contributed by atoms with E-state index in [9.17, 15) is 4.39 Å². The number of aromatic nitrogens is 2. The lowest BCUT2D eigenvalue weighted by atomic mass is 10.1. The Hall–Kier alpha value is -3.15. The highest BCUT2D eigenvalue weighted by atomic mass is 19.1. The van der Waals surface area contributed by atoms with Crippen LogP contribution in [0.5, 0.6) is 0 Å². The molecule has 6 heteroatoms. The second kappa shape index (κ2) is 8.98. The molecule has 0 fully saturated rings. The van der Waals surface area contributed by atoms with Gasteiger partial charge in [-0.05, 0) is 24.1 Å². The third-order valence-corrected chi connectivity index (χ3v) is 4.36. The number of rotatable bonds is 6. The Balaban J connectivity index is 1.56. The third kappa shape index (κ3) is 5.17. The van der Waals surface area contributed by atoms with E-state index in [1.54, 1.807) is 19.2 Å². The lowest BCUT2D eigenvalue weighted by Gasteiger charge is -2.13. The Kier molecular flexibility index (Phi) is 6.20. The summed E-state index contributed by atoms with van der Waals surface area (Å²) in [6.07, 6.45) is 3.79. The molecule has 1 aromatic heterocycles. The number of hydrogen-bond donors (Lipinski definition) is 2. The average Bonchev–Trinajstić information content (AvgIpc) is 3.08. The first-order valence-corrected chi connectivity index (χ1v) is 8.89. The molecule has 0 unspecified atom stereocenters. The van der Waals surface area contributed by atoms with Crippen molar-refractivity contribution in [3.63, 3.8) is 0 Å². The first kappa shape index (κ1) is 18.6. The predicted molar refractivity (Wildman–Crippen MR) is 106 cm³/mol. The molecule has 140 valence electrons. The van der Waals surface area contributed by atoms with E-state index < -0.39 is 0 Å². The average molecular weight is 365 g/mol. The van der Waals surface area contributed by atoms with E-state index in [1.165, 1.54) is 11.6 Å². The summed E-state index contributed by atoms with van der Waals surface area (Å²) >= 11 is 0. The van der Waals surface area contributed by atoms with E-state index in [2.05, 4.69) is 43.4 Å². The summed E-state index contributed by atoms with van der Waals surface area (Å²) in [5, 5.41) is 6.41. The van der Waals surface area contributed by atoms with Crippen LogP contribution in [0.2, 0.25) is 0 Å². The number of nitrogens with zero attached hydrogens (tertiary/aromatic N) is 3.